The second-order valence-corrected chi connectivity index (χ2v) is 7.70. The van der Waals surface area contributed by atoms with E-state index in [0.29, 0.717) is 0 Å². The number of benzene rings is 1. The Hall–Kier alpha value is -2.28. The molecule has 2 aliphatic rings. The molecule has 154 valence electrons. The molecule has 3 amide bonds. The lowest BCUT2D eigenvalue weighted by Gasteiger charge is -2.38. The fourth-order valence-electron chi connectivity index (χ4n) is 4.03. The molecule has 1 aliphatic carbocycles. The maximum atomic E-state index is 12.5. The van der Waals surface area contributed by atoms with Crippen LogP contribution in [0.5, 0.6) is 5.75 Å². The standard InChI is InChI=1S/C21H32N4O3/c1-16(20(26)23-21(27)22-17-7-4-3-5-8-17)24-11-13-25(14-12-24)18-9-6-10-19(15-18)28-2/h6,9-10,15-17H,3-5,7-8,11-14H2,1-2H3,(H2,22,23,26,27). The molecule has 7 heteroatoms. The molecule has 1 heterocycles. The third-order valence-electron chi connectivity index (χ3n) is 5.84. The van der Waals surface area contributed by atoms with Gasteiger partial charge in [0.15, 0.2) is 0 Å². The molecule has 2 fully saturated rings. The minimum absolute atomic E-state index is 0.197. The second-order valence-electron chi connectivity index (χ2n) is 7.70. The van der Waals surface area contributed by atoms with E-state index >= 15 is 0 Å². The first kappa shape index (κ1) is 20.5. The largest absolute Gasteiger partial charge is 0.497 e. The summed E-state index contributed by atoms with van der Waals surface area (Å²) in [5, 5.41) is 5.46. The topological polar surface area (TPSA) is 73.9 Å². The third-order valence-corrected chi connectivity index (χ3v) is 5.84. The predicted octanol–water partition coefficient (Wildman–Crippen LogP) is 2.36. The number of hydrogen-bond acceptors (Lipinski definition) is 5. The Labute approximate surface area is 167 Å². The van der Waals surface area contributed by atoms with E-state index in [-0.39, 0.29) is 24.0 Å². The zero-order chi connectivity index (χ0) is 19.9. The molecule has 1 aromatic carbocycles. The highest BCUT2D eigenvalue weighted by Gasteiger charge is 2.27. The van der Waals surface area contributed by atoms with Gasteiger partial charge in [0.25, 0.3) is 0 Å². The van der Waals surface area contributed by atoms with Crippen molar-refractivity contribution in [3.05, 3.63) is 24.3 Å². The molecule has 0 spiro atoms. The summed E-state index contributed by atoms with van der Waals surface area (Å²) < 4.78 is 5.30. The highest BCUT2D eigenvalue weighted by Crippen LogP contribution is 2.22. The molecule has 0 aromatic heterocycles. The molecule has 28 heavy (non-hydrogen) atoms. The smallest absolute Gasteiger partial charge is 0.321 e. The van der Waals surface area contributed by atoms with Gasteiger partial charge >= 0.3 is 6.03 Å². The maximum absolute atomic E-state index is 12.5. The van der Waals surface area contributed by atoms with Crippen molar-refractivity contribution in [2.24, 2.45) is 0 Å². The summed E-state index contributed by atoms with van der Waals surface area (Å²) in [6.07, 6.45) is 5.53. The van der Waals surface area contributed by atoms with Gasteiger partial charge in [0.1, 0.15) is 5.75 Å². The van der Waals surface area contributed by atoms with Crippen molar-refractivity contribution < 1.29 is 14.3 Å². The zero-order valence-corrected chi connectivity index (χ0v) is 16.9. The van der Waals surface area contributed by atoms with Crippen molar-refractivity contribution in [2.45, 2.75) is 51.1 Å². The number of methoxy groups -OCH3 is 1. The first-order valence-corrected chi connectivity index (χ1v) is 10.3. The molecule has 1 unspecified atom stereocenters. The van der Waals surface area contributed by atoms with Gasteiger partial charge in [0.05, 0.1) is 13.2 Å². The molecule has 0 radical (unpaired) electrons. The summed E-state index contributed by atoms with van der Waals surface area (Å²) in [6, 6.07) is 7.53. The first-order valence-electron chi connectivity index (χ1n) is 10.3. The van der Waals surface area contributed by atoms with Crippen molar-refractivity contribution in [3.63, 3.8) is 0 Å². The van der Waals surface area contributed by atoms with Crippen LogP contribution in [-0.4, -0.2) is 62.2 Å². The molecule has 1 aliphatic heterocycles. The number of carbonyl (C=O) groups excluding carboxylic acids is 2. The van der Waals surface area contributed by atoms with Crippen LogP contribution < -0.4 is 20.3 Å². The SMILES string of the molecule is COc1cccc(N2CCN(C(C)C(=O)NC(=O)NC3CCCCC3)CC2)c1. The number of urea groups is 1. The predicted molar refractivity (Wildman–Crippen MR) is 110 cm³/mol. The van der Waals surface area contributed by atoms with Gasteiger partial charge in [-0.05, 0) is 31.9 Å². The van der Waals surface area contributed by atoms with Crippen LogP contribution in [0.2, 0.25) is 0 Å². The quantitative estimate of drug-likeness (QED) is 0.810. The monoisotopic (exact) mass is 388 g/mol. The van der Waals surface area contributed by atoms with E-state index in [0.717, 1.165) is 63.3 Å². The van der Waals surface area contributed by atoms with Crippen LogP contribution in [0, 0.1) is 0 Å². The Morgan fingerprint density at radius 3 is 2.50 bits per heavy atom. The molecule has 0 bridgehead atoms. The number of piperazine rings is 1. The number of nitrogens with one attached hydrogen (secondary N) is 2. The van der Waals surface area contributed by atoms with Crippen LogP contribution in [0.25, 0.3) is 0 Å². The maximum Gasteiger partial charge on any atom is 0.321 e. The summed E-state index contributed by atoms with van der Waals surface area (Å²) in [5.74, 6) is 0.611. The Morgan fingerprint density at radius 2 is 1.82 bits per heavy atom. The molecule has 7 nitrogen and oxygen atoms in total. The van der Waals surface area contributed by atoms with Gasteiger partial charge in [-0.1, -0.05) is 25.3 Å². The van der Waals surface area contributed by atoms with Gasteiger partial charge in [-0.3, -0.25) is 15.0 Å². The van der Waals surface area contributed by atoms with Crippen molar-refractivity contribution in [1.29, 1.82) is 0 Å². The van der Waals surface area contributed by atoms with Crippen LogP contribution in [0.1, 0.15) is 39.0 Å². The minimum Gasteiger partial charge on any atom is -0.497 e. The van der Waals surface area contributed by atoms with Gasteiger partial charge in [-0.25, -0.2) is 4.79 Å². The van der Waals surface area contributed by atoms with E-state index in [2.05, 4.69) is 26.5 Å². The van der Waals surface area contributed by atoms with Gasteiger partial charge in [0, 0.05) is 44.0 Å². The fraction of sp³-hybridized carbons (Fsp3) is 0.619. The highest BCUT2D eigenvalue weighted by atomic mass is 16.5. The summed E-state index contributed by atoms with van der Waals surface area (Å²) in [5.41, 5.74) is 1.13. The molecular formula is C21H32N4O3. The summed E-state index contributed by atoms with van der Waals surface area (Å²) in [4.78, 5) is 29.0. The average Bonchev–Trinajstić information content (AvgIpc) is 2.74. The van der Waals surface area contributed by atoms with Crippen molar-refractivity contribution >= 4 is 17.6 Å². The van der Waals surface area contributed by atoms with Crippen LogP contribution in [0.15, 0.2) is 24.3 Å². The van der Waals surface area contributed by atoms with Crippen LogP contribution in [-0.2, 0) is 4.79 Å². The Bertz CT molecular complexity index is 667. The second kappa shape index (κ2) is 9.78. The first-order chi connectivity index (χ1) is 13.6. The molecule has 1 atom stereocenters. The third kappa shape index (κ3) is 5.38. The van der Waals surface area contributed by atoms with Crippen molar-refractivity contribution in [3.8, 4) is 5.75 Å². The molecule has 1 saturated carbocycles. The Kier molecular flexibility index (Phi) is 7.14. The number of carbonyl (C=O) groups is 2. The van der Waals surface area contributed by atoms with E-state index < -0.39 is 0 Å². The van der Waals surface area contributed by atoms with E-state index in [1.165, 1.54) is 6.42 Å². The normalized spacial score (nSPS) is 19.7. The zero-order valence-electron chi connectivity index (χ0n) is 16.9. The molecule has 1 aromatic rings. The van der Waals surface area contributed by atoms with Gasteiger partial charge < -0.3 is 15.0 Å². The van der Waals surface area contributed by atoms with E-state index in [1.54, 1.807) is 7.11 Å². The van der Waals surface area contributed by atoms with Gasteiger partial charge in [0.2, 0.25) is 5.91 Å². The van der Waals surface area contributed by atoms with Crippen molar-refractivity contribution in [1.82, 2.24) is 15.5 Å². The number of nitrogens with zero attached hydrogens (tertiary/aromatic N) is 2. The summed E-state index contributed by atoms with van der Waals surface area (Å²) in [7, 11) is 1.67. The number of ether oxygens (including phenoxy) is 1. The number of hydrogen-bond donors (Lipinski definition) is 2. The number of imide groups is 1. The molecule has 3 rings (SSSR count). The van der Waals surface area contributed by atoms with Crippen LogP contribution in [0.4, 0.5) is 10.5 Å². The fourth-order valence-corrected chi connectivity index (χ4v) is 4.03. The molecule has 1 saturated heterocycles. The van der Waals surface area contributed by atoms with Gasteiger partial charge in [-0.15, -0.1) is 0 Å². The number of rotatable bonds is 5. The van der Waals surface area contributed by atoms with Crippen molar-refractivity contribution in [2.75, 3.05) is 38.2 Å². The Morgan fingerprint density at radius 1 is 1.11 bits per heavy atom. The summed E-state index contributed by atoms with van der Waals surface area (Å²) >= 11 is 0. The lowest BCUT2D eigenvalue weighted by molar-refractivity contribution is -0.124. The van der Waals surface area contributed by atoms with Crippen LogP contribution >= 0.6 is 0 Å². The lowest BCUT2D eigenvalue weighted by atomic mass is 9.96. The molecule has 2 N–H and O–H groups in total. The van der Waals surface area contributed by atoms with E-state index in [4.69, 9.17) is 4.74 Å². The van der Waals surface area contributed by atoms with Gasteiger partial charge in [-0.2, -0.15) is 0 Å². The number of amides is 3. The minimum atomic E-state index is -0.362. The molecular weight excluding hydrogens is 356 g/mol. The average molecular weight is 389 g/mol. The van der Waals surface area contributed by atoms with E-state index in [1.807, 2.05) is 25.1 Å². The lowest BCUT2D eigenvalue weighted by Crippen LogP contribution is -2.56. The van der Waals surface area contributed by atoms with Crippen LogP contribution in [0.3, 0.4) is 0 Å². The highest BCUT2D eigenvalue weighted by molar-refractivity contribution is 5.96. The Balaban J connectivity index is 1.45. The van der Waals surface area contributed by atoms with E-state index in [9.17, 15) is 9.59 Å². The summed E-state index contributed by atoms with van der Waals surface area (Å²) in [6.45, 7) is 5.08. The number of anilines is 1.